The van der Waals surface area contributed by atoms with Crippen molar-refractivity contribution in [1.82, 2.24) is 25.8 Å². The number of nitrogens with two attached hydrogens (primary N) is 1. The largest absolute Gasteiger partial charge is 0.370 e. The number of rotatable bonds is 11. The van der Waals surface area contributed by atoms with Gasteiger partial charge in [-0.05, 0) is 86.8 Å². The Hall–Kier alpha value is -4.11. The van der Waals surface area contributed by atoms with Gasteiger partial charge in [0, 0.05) is 35.5 Å². The Bertz CT molecular complexity index is 2050. The number of carbonyl (C=O) groups excluding carboxylic acids is 4. The Morgan fingerprint density at radius 2 is 1.85 bits per heavy atom. The molecule has 2 aliphatic rings. The summed E-state index contributed by atoms with van der Waals surface area (Å²) < 4.78 is 56.0. The van der Waals surface area contributed by atoms with Gasteiger partial charge < -0.3 is 31.1 Å². The van der Waals surface area contributed by atoms with Crippen molar-refractivity contribution in [2.75, 3.05) is 26.4 Å². The number of halogens is 3. The van der Waals surface area contributed by atoms with E-state index in [4.69, 9.17) is 5.73 Å². The van der Waals surface area contributed by atoms with E-state index in [0.29, 0.717) is 40.9 Å². The zero-order chi connectivity index (χ0) is 37.4. The molecular formula is C35H38F3N6O5PS2. The number of carbonyl (C=O) groups is 4. The van der Waals surface area contributed by atoms with Gasteiger partial charge >= 0.3 is 5.66 Å². The predicted octanol–water partition coefficient (Wildman–Crippen LogP) is 5.41. The first kappa shape index (κ1) is 37.6. The Balaban J connectivity index is 1.19. The van der Waals surface area contributed by atoms with Crippen LogP contribution in [0.15, 0.2) is 54.7 Å². The second-order valence-corrected chi connectivity index (χ2v) is 18.8. The van der Waals surface area contributed by atoms with Crippen molar-refractivity contribution < 1.29 is 36.9 Å². The van der Waals surface area contributed by atoms with Crippen LogP contribution in [0, 0.1) is 5.82 Å². The van der Waals surface area contributed by atoms with Gasteiger partial charge in [-0.3, -0.25) is 19.2 Å². The van der Waals surface area contributed by atoms with Crippen molar-refractivity contribution in [1.29, 1.82) is 0 Å². The number of thiophene rings is 1. The third-order valence-corrected chi connectivity index (χ3v) is 13.3. The zero-order valence-electron chi connectivity index (χ0n) is 28.4. The fourth-order valence-corrected chi connectivity index (χ4v) is 9.26. The third-order valence-electron chi connectivity index (χ3n) is 9.38. The fourth-order valence-electron chi connectivity index (χ4n) is 6.54. The molecule has 2 aromatic heterocycles. The summed E-state index contributed by atoms with van der Waals surface area (Å²) in [6.07, 6.45) is 3.32. The molecule has 2 aliphatic heterocycles. The number of benzene rings is 2. The van der Waals surface area contributed by atoms with Crippen LogP contribution in [0.2, 0.25) is 0 Å². The Morgan fingerprint density at radius 1 is 1.10 bits per heavy atom. The van der Waals surface area contributed by atoms with Gasteiger partial charge in [-0.25, -0.2) is 9.37 Å². The molecular weight excluding hydrogens is 737 g/mol. The molecule has 276 valence electrons. The summed E-state index contributed by atoms with van der Waals surface area (Å²) in [6.45, 7) is 2.70. The van der Waals surface area contributed by atoms with Crippen molar-refractivity contribution in [2.24, 2.45) is 5.73 Å². The maximum Gasteiger partial charge on any atom is 0.322 e. The van der Waals surface area contributed by atoms with Gasteiger partial charge in [0.15, 0.2) is 7.14 Å². The average Bonchev–Trinajstić information content (AvgIpc) is 3.85. The molecule has 4 aromatic rings. The van der Waals surface area contributed by atoms with Crippen molar-refractivity contribution in [2.45, 2.75) is 61.9 Å². The fraction of sp³-hybridized carbons (Fsp3) is 0.400. The van der Waals surface area contributed by atoms with Crippen molar-refractivity contribution in [3.8, 4) is 10.4 Å². The summed E-state index contributed by atoms with van der Waals surface area (Å²) in [5.41, 5.74) is 2.24. The molecule has 2 aromatic carbocycles. The highest BCUT2D eigenvalue weighted by atomic mass is 32.1. The number of hydrogen-bond donors (Lipinski definition) is 4. The number of hydrogen-bond acceptors (Lipinski definition) is 9. The van der Waals surface area contributed by atoms with Crippen LogP contribution in [0.4, 0.5) is 13.2 Å². The van der Waals surface area contributed by atoms with Crippen LogP contribution in [0.3, 0.4) is 0 Å². The van der Waals surface area contributed by atoms with E-state index >= 15 is 0 Å². The molecule has 0 saturated carbocycles. The zero-order valence-corrected chi connectivity index (χ0v) is 30.9. The van der Waals surface area contributed by atoms with Gasteiger partial charge in [0.2, 0.25) is 17.7 Å². The van der Waals surface area contributed by atoms with Crippen LogP contribution >= 0.6 is 29.8 Å². The number of fused-ring (bicyclic) bond motifs is 2. The van der Waals surface area contributed by atoms with Crippen molar-refractivity contribution >= 4 is 63.5 Å². The minimum absolute atomic E-state index is 0.0222. The standard InChI is InChI=1S/C35H38F3N6O5PS2/c1-50(2,49)35(37,38)21-5-11-27-20(15-21)16-28(51-27)32(47)43-25-17-40-14-13-23-8-10-26(44(23)34(25)48)31(46)42-24(9-12-30(39)45)33-41-18-29(52-33)19-3-6-22(36)7-4-19/h3-7,11,15-16,18,23-26,40H,8-10,12-14,17H2,1-2H3,(H2,39,45)(H,42,46)(H,43,47)/t23-,24+,25+,26+/m1/s1. The molecule has 17 heteroatoms. The number of amides is 4. The van der Waals surface area contributed by atoms with Crippen LogP contribution < -0.4 is 21.7 Å². The van der Waals surface area contributed by atoms with E-state index in [1.165, 1.54) is 47.7 Å². The Labute approximate surface area is 305 Å². The lowest BCUT2D eigenvalue weighted by molar-refractivity contribution is -0.142. The lowest BCUT2D eigenvalue weighted by Gasteiger charge is -2.35. The monoisotopic (exact) mass is 774 g/mol. The SMILES string of the molecule is CP(C)(=O)C(F)(F)c1ccc2sc(C(=O)N[C@H]3CNCC[C@H]4CC[C@@H](C(=O)N[C@@H](CCC(N)=O)c5ncc(-c6ccc(F)cc6)s5)N4C3=O)cc2c1. The highest BCUT2D eigenvalue weighted by Crippen LogP contribution is 2.60. The van der Waals surface area contributed by atoms with Crippen LogP contribution in [0.25, 0.3) is 20.5 Å². The minimum atomic E-state index is -3.80. The average molecular weight is 775 g/mol. The molecule has 4 atom stereocenters. The lowest BCUT2D eigenvalue weighted by atomic mass is 10.1. The summed E-state index contributed by atoms with van der Waals surface area (Å²) in [5, 5.41) is 9.89. The van der Waals surface area contributed by atoms with E-state index in [-0.39, 0.29) is 36.1 Å². The molecule has 0 radical (unpaired) electrons. The molecule has 11 nitrogen and oxygen atoms in total. The molecule has 0 unspecified atom stereocenters. The first-order valence-electron chi connectivity index (χ1n) is 16.7. The van der Waals surface area contributed by atoms with Crippen LogP contribution in [-0.4, -0.2) is 78.1 Å². The quantitative estimate of drug-likeness (QED) is 0.148. The van der Waals surface area contributed by atoms with E-state index < -0.39 is 60.1 Å². The van der Waals surface area contributed by atoms with Gasteiger partial charge in [0.25, 0.3) is 5.91 Å². The van der Waals surface area contributed by atoms with Crippen LogP contribution in [0.5, 0.6) is 0 Å². The maximum atomic E-state index is 14.8. The summed E-state index contributed by atoms with van der Waals surface area (Å²) in [5.74, 6) is -2.36. The van der Waals surface area contributed by atoms with Gasteiger partial charge in [0.05, 0.1) is 15.8 Å². The summed E-state index contributed by atoms with van der Waals surface area (Å²) in [6, 6.07) is 8.46. The van der Waals surface area contributed by atoms with Crippen LogP contribution in [0.1, 0.15) is 58.4 Å². The summed E-state index contributed by atoms with van der Waals surface area (Å²) in [4.78, 5) is 60.3. The van der Waals surface area contributed by atoms with Crippen LogP contribution in [-0.2, 0) is 24.6 Å². The molecule has 0 spiro atoms. The van der Waals surface area contributed by atoms with Crippen molar-refractivity contribution in [3.05, 3.63) is 76.0 Å². The van der Waals surface area contributed by atoms with Gasteiger partial charge in [0.1, 0.15) is 22.9 Å². The highest BCUT2D eigenvalue weighted by Gasteiger charge is 2.46. The number of alkyl halides is 2. The van der Waals surface area contributed by atoms with E-state index in [9.17, 15) is 36.9 Å². The molecule has 52 heavy (non-hydrogen) atoms. The maximum absolute atomic E-state index is 14.8. The van der Waals surface area contributed by atoms with E-state index in [0.717, 1.165) is 35.1 Å². The molecule has 2 saturated heterocycles. The Morgan fingerprint density at radius 3 is 2.56 bits per heavy atom. The third kappa shape index (κ3) is 7.94. The first-order chi connectivity index (χ1) is 24.6. The molecule has 5 N–H and O–H groups in total. The number of nitrogens with zero attached hydrogens (tertiary/aromatic N) is 2. The second-order valence-electron chi connectivity index (χ2n) is 13.4. The molecule has 0 aliphatic carbocycles. The summed E-state index contributed by atoms with van der Waals surface area (Å²) >= 11 is 2.37. The number of thiazole rings is 1. The first-order valence-corrected chi connectivity index (χ1v) is 21.0. The van der Waals surface area contributed by atoms with E-state index in [1.807, 2.05) is 0 Å². The molecule has 6 rings (SSSR count). The number of primary amides is 1. The van der Waals surface area contributed by atoms with Crippen molar-refractivity contribution in [3.63, 3.8) is 0 Å². The summed E-state index contributed by atoms with van der Waals surface area (Å²) in [7, 11) is -3.80. The smallest absolute Gasteiger partial charge is 0.322 e. The molecule has 0 bridgehead atoms. The van der Waals surface area contributed by atoms with E-state index in [1.54, 1.807) is 23.2 Å². The predicted molar refractivity (Wildman–Crippen MR) is 194 cm³/mol. The topological polar surface area (TPSA) is 164 Å². The lowest BCUT2D eigenvalue weighted by Crippen LogP contribution is -2.60. The van der Waals surface area contributed by atoms with Gasteiger partial charge in [-0.2, -0.15) is 8.78 Å². The normalized spacial score (nSPS) is 20.2. The molecule has 4 heterocycles. The highest BCUT2D eigenvalue weighted by molar-refractivity contribution is 7.63. The number of nitrogens with one attached hydrogen (secondary N) is 3. The van der Waals surface area contributed by atoms with Gasteiger partial charge in [-0.1, -0.05) is 18.2 Å². The van der Waals surface area contributed by atoms with E-state index in [2.05, 4.69) is 20.9 Å². The number of aromatic nitrogens is 1. The Kier molecular flexibility index (Phi) is 10.9. The molecule has 2 fully saturated rings. The minimum Gasteiger partial charge on any atom is -0.370 e. The molecule has 4 amide bonds. The van der Waals surface area contributed by atoms with Gasteiger partial charge in [-0.15, -0.1) is 22.7 Å². The second kappa shape index (κ2) is 15.1.